The summed E-state index contributed by atoms with van der Waals surface area (Å²) in [4.78, 5) is 25.4. The lowest BCUT2D eigenvalue weighted by molar-refractivity contribution is -0.117. The van der Waals surface area contributed by atoms with E-state index < -0.39 is 16.0 Å². The molecule has 8 heteroatoms. The Morgan fingerprint density at radius 1 is 1.45 bits per heavy atom. The highest BCUT2D eigenvalue weighted by Crippen LogP contribution is 2.30. The molecule has 0 spiro atoms. The molecule has 0 saturated carbocycles. The number of anilines is 1. The number of ether oxygens (including phenoxy) is 1. The van der Waals surface area contributed by atoms with Crippen LogP contribution < -0.4 is 10.0 Å². The molecule has 2 N–H and O–H groups in total. The number of carbonyl (C=O) groups excluding carboxylic acids is 2. The van der Waals surface area contributed by atoms with Crippen LogP contribution in [0.1, 0.15) is 22.3 Å². The van der Waals surface area contributed by atoms with Gasteiger partial charge in [-0.15, -0.1) is 0 Å². The van der Waals surface area contributed by atoms with Crippen molar-refractivity contribution in [3.05, 3.63) is 29.3 Å². The van der Waals surface area contributed by atoms with Crippen LogP contribution in [-0.4, -0.2) is 39.7 Å². The van der Waals surface area contributed by atoms with Gasteiger partial charge in [0.1, 0.15) is 0 Å². The molecular weight excluding hydrogens is 308 g/mol. The van der Waals surface area contributed by atoms with Crippen molar-refractivity contribution in [1.82, 2.24) is 0 Å². The van der Waals surface area contributed by atoms with E-state index in [-0.39, 0.29) is 30.5 Å². The zero-order chi connectivity index (χ0) is 16.5. The van der Waals surface area contributed by atoms with Crippen LogP contribution in [0.2, 0.25) is 0 Å². The second kappa shape index (κ2) is 6.05. The van der Waals surface area contributed by atoms with E-state index in [2.05, 4.69) is 0 Å². The van der Waals surface area contributed by atoms with Crippen LogP contribution in [0.3, 0.4) is 0 Å². The lowest BCUT2D eigenvalue weighted by Crippen LogP contribution is -2.28. The third-order valence-electron chi connectivity index (χ3n) is 3.67. The Balaban J connectivity index is 2.29. The topological polar surface area (TPSA) is 107 Å². The lowest BCUT2D eigenvalue weighted by Gasteiger charge is -2.20. The Hall–Kier alpha value is -1.93. The van der Waals surface area contributed by atoms with E-state index in [1.54, 1.807) is 25.1 Å². The number of rotatable bonds is 4. The van der Waals surface area contributed by atoms with Crippen LogP contribution in [0.4, 0.5) is 5.69 Å². The summed E-state index contributed by atoms with van der Waals surface area (Å²) in [5, 5.41) is 5.04. The fourth-order valence-corrected chi connectivity index (χ4v) is 3.58. The zero-order valence-corrected chi connectivity index (χ0v) is 13.2. The van der Waals surface area contributed by atoms with Crippen LogP contribution in [0, 0.1) is 12.8 Å². The lowest BCUT2D eigenvalue weighted by atomic mass is 10.1. The van der Waals surface area contributed by atoms with Gasteiger partial charge in [-0.3, -0.25) is 4.79 Å². The maximum absolute atomic E-state index is 12.1. The monoisotopic (exact) mass is 326 g/mol. The molecule has 0 radical (unpaired) electrons. The second-order valence-electron chi connectivity index (χ2n) is 5.35. The highest BCUT2D eigenvalue weighted by molar-refractivity contribution is 7.89. The standard InChI is InChI=1S/C14H18N2O5S/c1-9-11(14(18)21-2)4-3-5-12(9)16-7-10(6-13(16)17)8-22(15,19)20/h3-5,10H,6-8H2,1-2H3,(H2,15,19,20). The highest BCUT2D eigenvalue weighted by Gasteiger charge is 2.34. The van der Waals surface area contributed by atoms with E-state index in [1.165, 1.54) is 12.0 Å². The molecule has 1 amide bonds. The van der Waals surface area contributed by atoms with Gasteiger partial charge in [-0.05, 0) is 24.6 Å². The van der Waals surface area contributed by atoms with Gasteiger partial charge in [-0.2, -0.15) is 0 Å². The summed E-state index contributed by atoms with van der Waals surface area (Å²) in [7, 11) is -2.34. The first-order valence-corrected chi connectivity index (χ1v) is 8.43. The molecule has 1 heterocycles. The second-order valence-corrected chi connectivity index (χ2v) is 7.00. The first kappa shape index (κ1) is 16.4. The molecule has 1 saturated heterocycles. The molecule has 0 aliphatic carbocycles. The molecule has 0 bridgehead atoms. The molecule has 1 aromatic rings. The zero-order valence-electron chi connectivity index (χ0n) is 12.4. The van der Waals surface area contributed by atoms with Gasteiger partial charge in [0.2, 0.25) is 15.9 Å². The van der Waals surface area contributed by atoms with Crippen molar-refractivity contribution in [3.63, 3.8) is 0 Å². The van der Waals surface area contributed by atoms with Gasteiger partial charge in [0.25, 0.3) is 0 Å². The van der Waals surface area contributed by atoms with Gasteiger partial charge >= 0.3 is 5.97 Å². The Labute approximate surface area is 129 Å². The maximum atomic E-state index is 12.1. The van der Waals surface area contributed by atoms with Gasteiger partial charge in [-0.25, -0.2) is 18.4 Å². The number of nitrogens with two attached hydrogens (primary N) is 1. The molecular formula is C14H18N2O5S. The van der Waals surface area contributed by atoms with Crippen molar-refractivity contribution < 1.29 is 22.7 Å². The molecule has 1 aliphatic heterocycles. The molecule has 1 aromatic carbocycles. The molecule has 22 heavy (non-hydrogen) atoms. The van der Waals surface area contributed by atoms with Crippen LogP contribution >= 0.6 is 0 Å². The number of primary sulfonamides is 1. The third-order valence-corrected chi connectivity index (χ3v) is 4.61. The van der Waals surface area contributed by atoms with Gasteiger partial charge in [0.05, 0.1) is 18.4 Å². The number of methoxy groups -OCH3 is 1. The average Bonchev–Trinajstić information content (AvgIpc) is 2.76. The Bertz CT molecular complexity index is 714. The summed E-state index contributed by atoms with van der Waals surface area (Å²) < 4.78 is 27.1. The summed E-state index contributed by atoms with van der Waals surface area (Å²) in [6.07, 6.45) is 0.123. The predicted molar refractivity (Wildman–Crippen MR) is 81.0 cm³/mol. The van der Waals surface area contributed by atoms with Crippen molar-refractivity contribution in [2.75, 3.05) is 24.3 Å². The number of esters is 1. The predicted octanol–water partition coefficient (Wildman–Crippen LogP) is 0.423. The average molecular weight is 326 g/mol. The molecule has 120 valence electrons. The van der Waals surface area contributed by atoms with Crippen LogP contribution in [0.5, 0.6) is 0 Å². The maximum Gasteiger partial charge on any atom is 0.338 e. The molecule has 1 atom stereocenters. The Morgan fingerprint density at radius 2 is 2.14 bits per heavy atom. The quantitative estimate of drug-likeness (QED) is 0.807. The summed E-state index contributed by atoms with van der Waals surface area (Å²) in [5.74, 6) is -1.24. The number of amides is 1. The Kier molecular flexibility index (Phi) is 4.52. The largest absolute Gasteiger partial charge is 0.465 e. The fraction of sp³-hybridized carbons (Fsp3) is 0.429. The minimum absolute atomic E-state index is 0.123. The van der Waals surface area contributed by atoms with Crippen LogP contribution in [-0.2, 0) is 19.6 Å². The van der Waals surface area contributed by atoms with Crippen molar-refractivity contribution in [2.45, 2.75) is 13.3 Å². The van der Waals surface area contributed by atoms with Crippen molar-refractivity contribution >= 4 is 27.6 Å². The van der Waals surface area contributed by atoms with E-state index in [0.717, 1.165) is 0 Å². The number of nitrogens with zero attached hydrogens (tertiary/aromatic N) is 1. The van der Waals surface area contributed by atoms with Crippen LogP contribution in [0.15, 0.2) is 18.2 Å². The molecule has 1 unspecified atom stereocenters. The number of hydrogen-bond donors (Lipinski definition) is 1. The number of carbonyl (C=O) groups is 2. The van der Waals surface area contributed by atoms with Gasteiger partial charge < -0.3 is 9.64 Å². The number of hydrogen-bond acceptors (Lipinski definition) is 5. The smallest absolute Gasteiger partial charge is 0.338 e. The van der Waals surface area contributed by atoms with E-state index in [1.807, 2.05) is 0 Å². The normalized spacial score (nSPS) is 18.6. The Morgan fingerprint density at radius 3 is 2.73 bits per heavy atom. The highest BCUT2D eigenvalue weighted by atomic mass is 32.2. The first-order valence-electron chi connectivity index (χ1n) is 6.71. The van der Waals surface area contributed by atoms with Gasteiger partial charge in [0, 0.05) is 24.6 Å². The number of benzene rings is 1. The summed E-state index contributed by atoms with van der Waals surface area (Å²) in [6.45, 7) is 1.99. The minimum Gasteiger partial charge on any atom is -0.465 e. The van der Waals surface area contributed by atoms with E-state index in [4.69, 9.17) is 9.88 Å². The van der Waals surface area contributed by atoms with E-state index in [0.29, 0.717) is 16.8 Å². The third kappa shape index (κ3) is 3.45. The number of sulfonamides is 1. The minimum atomic E-state index is -3.63. The summed E-state index contributed by atoms with van der Waals surface area (Å²) in [6, 6.07) is 5.00. The van der Waals surface area contributed by atoms with Gasteiger partial charge in [-0.1, -0.05) is 6.07 Å². The summed E-state index contributed by atoms with van der Waals surface area (Å²) in [5.41, 5.74) is 1.59. The SMILES string of the molecule is COC(=O)c1cccc(N2CC(CS(N)(=O)=O)CC2=O)c1C. The fourth-order valence-electron chi connectivity index (χ4n) is 2.70. The van der Waals surface area contributed by atoms with Gasteiger partial charge in [0.15, 0.2) is 0 Å². The summed E-state index contributed by atoms with van der Waals surface area (Å²) >= 11 is 0. The first-order chi connectivity index (χ1) is 10.2. The molecule has 7 nitrogen and oxygen atoms in total. The molecule has 0 aromatic heterocycles. The van der Waals surface area contributed by atoms with Crippen molar-refractivity contribution in [2.24, 2.45) is 11.1 Å². The van der Waals surface area contributed by atoms with Crippen molar-refractivity contribution in [3.8, 4) is 0 Å². The molecule has 1 aliphatic rings. The molecule has 2 rings (SSSR count). The molecule has 1 fully saturated rings. The van der Waals surface area contributed by atoms with Crippen molar-refractivity contribution in [1.29, 1.82) is 0 Å². The van der Waals surface area contributed by atoms with E-state index in [9.17, 15) is 18.0 Å². The van der Waals surface area contributed by atoms with Crippen LogP contribution in [0.25, 0.3) is 0 Å². The van der Waals surface area contributed by atoms with E-state index >= 15 is 0 Å².